The van der Waals surface area contributed by atoms with Gasteiger partial charge in [-0.05, 0) is 54.3 Å². The van der Waals surface area contributed by atoms with E-state index in [-0.39, 0.29) is 5.82 Å². The first-order valence-electron chi connectivity index (χ1n) is 8.56. The molecule has 3 atom stereocenters. The molecule has 0 aliphatic carbocycles. The normalized spacial score (nSPS) is 27.5. The number of fused-ring (bicyclic) bond motifs is 1. The molecule has 24 heavy (non-hydrogen) atoms. The van der Waals surface area contributed by atoms with Gasteiger partial charge in [-0.2, -0.15) is 0 Å². The number of phenolic OH excluding ortho intramolecular Hbond substituents is 1. The van der Waals surface area contributed by atoms with Gasteiger partial charge in [0.2, 0.25) is 0 Å². The monoisotopic (exact) mass is 326 g/mol. The molecule has 2 aromatic rings. The highest BCUT2D eigenvalue weighted by molar-refractivity contribution is 5.27. The van der Waals surface area contributed by atoms with Crippen LogP contribution < -0.4 is 0 Å². The van der Waals surface area contributed by atoms with Gasteiger partial charge in [0.15, 0.2) is 0 Å². The minimum absolute atomic E-state index is 0.154. The van der Waals surface area contributed by atoms with E-state index in [0.29, 0.717) is 23.6 Å². The summed E-state index contributed by atoms with van der Waals surface area (Å²) in [4.78, 5) is 4.83. The molecule has 0 bridgehead atoms. The van der Waals surface area contributed by atoms with Crippen LogP contribution in [0.5, 0.6) is 5.75 Å². The molecule has 2 fully saturated rings. The van der Waals surface area contributed by atoms with Crippen LogP contribution in [0.3, 0.4) is 0 Å². The van der Waals surface area contributed by atoms with Crippen molar-refractivity contribution in [1.82, 2.24) is 9.80 Å². The Bertz CT molecular complexity index is 735. The van der Waals surface area contributed by atoms with Crippen molar-refractivity contribution in [3.8, 4) is 5.75 Å². The molecule has 0 unspecified atom stereocenters. The lowest BCUT2D eigenvalue weighted by molar-refractivity contribution is 0.224. The molecule has 2 heterocycles. The summed E-state index contributed by atoms with van der Waals surface area (Å²) in [5.74, 6) is 1.33. The number of benzene rings is 2. The maximum atomic E-state index is 13.6. The van der Waals surface area contributed by atoms with Crippen LogP contribution >= 0.6 is 0 Å². The second-order valence-electron chi connectivity index (χ2n) is 7.23. The second-order valence-corrected chi connectivity index (χ2v) is 7.23. The van der Waals surface area contributed by atoms with Crippen LogP contribution in [0.4, 0.5) is 4.39 Å². The highest BCUT2D eigenvalue weighted by atomic mass is 19.1. The topological polar surface area (TPSA) is 26.7 Å². The van der Waals surface area contributed by atoms with E-state index in [1.54, 1.807) is 12.1 Å². The number of hydrogen-bond acceptors (Lipinski definition) is 3. The third-order valence-electron chi connectivity index (χ3n) is 5.48. The Morgan fingerprint density at radius 1 is 1.08 bits per heavy atom. The largest absolute Gasteiger partial charge is 0.508 e. The van der Waals surface area contributed by atoms with Gasteiger partial charge in [-0.3, -0.25) is 9.80 Å². The lowest BCUT2D eigenvalue weighted by Gasteiger charge is -2.27. The van der Waals surface area contributed by atoms with E-state index in [2.05, 4.69) is 22.9 Å². The molecule has 0 radical (unpaired) electrons. The number of aromatic hydroxyl groups is 1. The average molecular weight is 326 g/mol. The van der Waals surface area contributed by atoms with E-state index in [1.165, 1.54) is 6.07 Å². The Balaban J connectivity index is 1.50. The fourth-order valence-electron chi connectivity index (χ4n) is 4.58. The molecule has 1 N–H and O–H groups in total. The maximum Gasteiger partial charge on any atom is 0.123 e. The van der Waals surface area contributed by atoms with Gasteiger partial charge in [0.1, 0.15) is 11.6 Å². The number of rotatable bonds is 3. The van der Waals surface area contributed by atoms with Gasteiger partial charge in [-0.15, -0.1) is 0 Å². The first kappa shape index (κ1) is 15.6. The molecule has 2 aliphatic rings. The van der Waals surface area contributed by atoms with Crippen molar-refractivity contribution in [2.45, 2.75) is 12.6 Å². The van der Waals surface area contributed by atoms with Gasteiger partial charge in [-0.1, -0.05) is 24.3 Å². The van der Waals surface area contributed by atoms with Crippen molar-refractivity contribution in [3.05, 3.63) is 65.5 Å². The van der Waals surface area contributed by atoms with Gasteiger partial charge >= 0.3 is 0 Å². The molecule has 0 spiro atoms. The highest BCUT2D eigenvalue weighted by Gasteiger charge is 2.45. The minimum atomic E-state index is -0.154. The smallest absolute Gasteiger partial charge is 0.123 e. The number of hydrogen-bond donors (Lipinski definition) is 1. The molecular weight excluding hydrogens is 303 g/mol. The van der Waals surface area contributed by atoms with E-state index in [9.17, 15) is 9.50 Å². The zero-order valence-electron chi connectivity index (χ0n) is 13.9. The lowest BCUT2D eigenvalue weighted by atomic mass is 9.89. The predicted octanol–water partition coefficient (Wildman–Crippen LogP) is 3.27. The summed E-state index contributed by atoms with van der Waals surface area (Å²) in [5.41, 5.74) is 2.23. The van der Waals surface area contributed by atoms with Crippen molar-refractivity contribution in [2.75, 3.05) is 26.7 Å². The molecule has 4 rings (SSSR count). The van der Waals surface area contributed by atoms with Gasteiger partial charge in [0, 0.05) is 32.2 Å². The van der Waals surface area contributed by atoms with Gasteiger partial charge in [0.05, 0.1) is 0 Å². The fourth-order valence-corrected chi connectivity index (χ4v) is 4.58. The van der Waals surface area contributed by atoms with E-state index in [1.807, 2.05) is 24.3 Å². The van der Waals surface area contributed by atoms with E-state index < -0.39 is 0 Å². The van der Waals surface area contributed by atoms with Crippen molar-refractivity contribution in [2.24, 2.45) is 11.8 Å². The number of phenols is 1. The number of nitrogens with zero attached hydrogens (tertiary/aromatic N) is 2. The lowest BCUT2D eigenvalue weighted by Crippen LogP contribution is -2.28. The van der Waals surface area contributed by atoms with E-state index >= 15 is 0 Å². The first-order valence-corrected chi connectivity index (χ1v) is 8.56. The quantitative estimate of drug-likeness (QED) is 0.938. The van der Waals surface area contributed by atoms with Gasteiger partial charge in [-0.25, -0.2) is 4.39 Å². The van der Waals surface area contributed by atoms with Crippen molar-refractivity contribution in [3.63, 3.8) is 0 Å². The van der Waals surface area contributed by atoms with Crippen LogP contribution in [-0.2, 0) is 6.54 Å². The molecule has 0 amide bonds. The summed E-state index contributed by atoms with van der Waals surface area (Å²) in [5, 5.41) is 9.64. The summed E-state index contributed by atoms with van der Waals surface area (Å²) in [6.45, 7) is 4.01. The third kappa shape index (κ3) is 2.92. The molecule has 2 aromatic carbocycles. The fraction of sp³-hybridized carbons (Fsp3) is 0.400. The summed E-state index contributed by atoms with van der Waals surface area (Å²) in [6, 6.07) is 14.8. The Hall–Kier alpha value is -1.91. The Morgan fingerprint density at radius 3 is 2.71 bits per heavy atom. The summed E-state index contributed by atoms with van der Waals surface area (Å²) in [6.07, 6.45) is 0. The summed E-state index contributed by atoms with van der Waals surface area (Å²) in [7, 11) is 2.15. The molecule has 0 aromatic heterocycles. The Kier molecular flexibility index (Phi) is 4.02. The zero-order valence-corrected chi connectivity index (χ0v) is 13.9. The molecule has 0 saturated carbocycles. The van der Waals surface area contributed by atoms with Crippen LogP contribution in [0.25, 0.3) is 0 Å². The van der Waals surface area contributed by atoms with Crippen LogP contribution in [-0.4, -0.2) is 41.6 Å². The molecule has 2 saturated heterocycles. The summed E-state index contributed by atoms with van der Waals surface area (Å²) >= 11 is 0. The van der Waals surface area contributed by atoms with Crippen molar-refractivity contribution in [1.29, 1.82) is 0 Å². The second kappa shape index (κ2) is 6.19. The molecule has 2 aliphatic heterocycles. The Labute approximate surface area is 142 Å². The molecular formula is C20H23FN2O. The molecule has 3 nitrogen and oxygen atoms in total. The van der Waals surface area contributed by atoms with E-state index in [0.717, 1.165) is 37.3 Å². The van der Waals surface area contributed by atoms with Crippen LogP contribution in [0, 0.1) is 17.7 Å². The van der Waals surface area contributed by atoms with Crippen molar-refractivity contribution >= 4 is 0 Å². The SMILES string of the molecule is CN1C[C@H]2CN(Cc3cccc(O)c3)C[C@H]2[C@@H]1c1cccc(F)c1. The first-order chi connectivity index (χ1) is 11.6. The van der Waals surface area contributed by atoms with Crippen molar-refractivity contribution < 1.29 is 9.50 Å². The standard InChI is InChI=1S/C20H23FN2O/c1-22-11-16-12-23(10-14-4-2-7-18(24)8-14)13-19(16)20(22)15-5-3-6-17(21)9-15/h2-9,16,19-20,24H,10-13H2,1H3/t16-,19+,20-/m0/s1. The van der Waals surface area contributed by atoms with Crippen LogP contribution in [0.1, 0.15) is 17.2 Å². The third-order valence-corrected chi connectivity index (χ3v) is 5.48. The Morgan fingerprint density at radius 2 is 1.92 bits per heavy atom. The maximum absolute atomic E-state index is 13.6. The van der Waals surface area contributed by atoms with E-state index in [4.69, 9.17) is 0 Å². The predicted molar refractivity (Wildman–Crippen MR) is 92.1 cm³/mol. The zero-order chi connectivity index (χ0) is 16.7. The average Bonchev–Trinajstić information content (AvgIpc) is 3.02. The number of likely N-dealkylation sites (tertiary alicyclic amines) is 2. The minimum Gasteiger partial charge on any atom is -0.508 e. The highest BCUT2D eigenvalue weighted by Crippen LogP contribution is 2.44. The molecule has 126 valence electrons. The number of halogens is 1. The van der Waals surface area contributed by atoms with Gasteiger partial charge < -0.3 is 5.11 Å². The van der Waals surface area contributed by atoms with Gasteiger partial charge in [0.25, 0.3) is 0 Å². The van der Waals surface area contributed by atoms with Crippen LogP contribution in [0.2, 0.25) is 0 Å². The summed E-state index contributed by atoms with van der Waals surface area (Å²) < 4.78 is 13.6. The van der Waals surface area contributed by atoms with Crippen LogP contribution in [0.15, 0.2) is 48.5 Å². The molecule has 4 heteroatoms.